The standard InChI is InChI=1S/C19H19N5O5/c1-25-15-7-12(8-16(26-2)18(15)27-3)21-17-9-20-24-19(23-17)22-11-4-5-13-14(6-11)29-10-28-13/h4-9H,10H2,1-3H3,(H2,21,22,23,24). The van der Waals surface area contributed by atoms with Crippen molar-refractivity contribution in [2.45, 2.75) is 0 Å². The monoisotopic (exact) mass is 397 g/mol. The maximum absolute atomic E-state index is 5.38. The van der Waals surface area contributed by atoms with Crippen LogP contribution in [0, 0.1) is 0 Å². The van der Waals surface area contributed by atoms with Crippen LogP contribution < -0.4 is 34.3 Å². The zero-order valence-corrected chi connectivity index (χ0v) is 16.1. The van der Waals surface area contributed by atoms with Crippen LogP contribution in [0.15, 0.2) is 36.5 Å². The normalized spacial score (nSPS) is 11.7. The molecule has 1 aromatic heterocycles. The molecule has 0 saturated carbocycles. The Balaban J connectivity index is 1.55. The molecule has 0 radical (unpaired) electrons. The maximum Gasteiger partial charge on any atom is 0.249 e. The second-order valence-electron chi connectivity index (χ2n) is 5.90. The van der Waals surface area contributed by atoms with Gasteiger partial charge in [0.15, 0.2) is 28.8 Å². The van der Waals surface area contributed by atoms with Crippen LogP contribution in [-0.2, 0) is 0 Å². The molecule has 0 aliphatic carbocycles. The number of rotatable bonds is 7. The maximum atomic E-state index is 5.38. The number of aromatic nitrogens is 3. The first-order valence-electron chi connectivity index (χ1n) is 8.63. The molecule has 4 rings (SSSR count). The number of benzene rings is 2. The van der Waals surface area contributed by atoms with E-state index in [4.69, 9.17) is 23.7 Å². The number of methoxy groups -OCH3 is 3. The van der Waals surface area contributed by atoms with E-state index in [0.29, 0.717) is 46.2 Å². The zero-order chi connectivity index (χ0) is 20.2. The second kappa shape index (κ2) is 7.97. The first kappa shape index (κ1) is 18.4. The molecule has 2 aromatic carbocycles. The summed E-state index contributed by atoms with van der Waals surface area (Å²) in [4.78, 5) is 4.43. The van der Waals surface area contributed by atoms with E-state index in [-0.39, 0.29) is 6.79 Å². The topological polar surface area (TPSA) is 109 Å². The van der Waals surface area contributed by atoms with Crippen molar-refractivity contribution in [1.82, 2.24) is 15.2 Å². The zero-order valence-electron chi connectivity index (χ0n) is 16.1. The summed E-state index contributed by atoms with van der Waals surface area (Å²) in [5.74, 6) is 3.72. The summed E-state index contributed by atoms with van der Waals surface area (Å²) in [6, 6.07) is 9.01. The van der Waals surface area contributed by atoms with Crippen molar-refractivity contribution < 1.29 is 23.7 Å². The Morgan fingerprint density at radius 3 is 2.34 bits per heavy atom. The average Bonchev–Trinajstić information content (AvgIpc) is 3.21. The van der Waals surface area contributed by atoms with E-state index in [0.717, 1.165) is 5.69 Å². The first-order chi connectivity index (χ1) is 14.2. The van der Waals surface area contributed by atoms with Crippen LogP contribution in [-0.4, -0.2) is 43.3 Å². The van der Waals surface area contributed by atoms with E-state index < -0.39 is 0 Å². The van der Waals surface area contributed by atoms with Gasteiger partial charge in [-0.2, -0.15) is 10.1 Å². The van der Waals surface area contributed by atoms with Crippen molar-refractivity contribution in [1.29, 1.82) is 0 Å². The highest BCUT2D eigenvalue weighted by Gasteiger charge is 2.15. The fourth-order valence-electron chi connectivity index (χ4n) is 2.82. The summed E-state index contributed by atoms with van der Waals surface area (Å²) in [6.45, 7) is 0.213. The lowest BCUT2D eigenvalue weighted by atomic mass is 10.2. The summed E-state index contributed by atoms with van der Waals surface area (Å²) < 4.78 is 26.8. The van der Waals surface area contributed by atoms with Crippen LogP contribution in [0.4, 0.5) is 23.1 Å². The van der Waals surface area contributed by atoms with Gasteiger partial charge in [0.1, 0.15) is 0 Å². The number of anilines is 4. The van der Waals surface area contributed by atoms with Crippen LogP contribution in [0.25, 0.3) is 0 Å². The van der Waals surface area contributed by atoms with E-state index in [2.05, 4.69) is 25.8 Å². The molecule has 0 bridgehead atoms. The van der Waals surface area contributed by atoms with Crippen LogP contribution in [0.2, 0.25) is 0 Å². The molecule has 0 amide bonds. The van der Waals surface area contributed by atoms with Gasteiger partial charge in [-0.3, -0.25) is 0 Å². The Labute approximate surface area is 166 Å². The van der Waals surface area contributed by atoms with Crippen LogP contribution in [0.1, 0.15) is 0 Å². The summed E-state index contributed by atoms with van der Waals surface area (Å²) in [5.41, 5.74) is 1.44. The number of nitrogens with one attached hydrogen (secondary N) is 2. The molecule has 0 atom stereocenters. The SMILES string of the molecule is COc1cc(Nc2cnnc(Nc3ccc4c(c3)OCO4)n2)cc(OC)c1OC. The van der Waals surface area contributed by atoms with Gasteiger partial charge >= 0.3 is 0 Å². The highest BCUT2D eigenvalue weighted by atomic mass is 16.7. The third kappa shape index (κ3) is 3.86. The van der Waals surface area contributed by atoms with E-state index in [1.807, 2.05) is 18.2 Å². The van der Waals surface area contributed by atoms with Crippen molar-refractivity contribution in [3.8, 4) is 28.7 Å². The molecule has 2 heterocycles. The summed E-state index contributed by atoms with van der Waals surface area (Å²) in [6.07, 6.45) is 1.51. The predicted octanol–water partition coefficient (Wildman–Crippen LogP) is 3.11. The van der Waals surface area contributed by atoms with Gasteiger partial charge in [-0.1, -0.05) is 0 Å². The van der Waals surface area contributed by atoms with Crippen molar-refractivity contribution in [3.05, 3.63) is 36.5 Å². The molecule has 0 fully saturated rings. The third-order valence-electron chi connectivity index (χ3n) is 4.12. The smallest absolute Gasteiger partial charge is 0.249 e. The van der Waals surface area contributed by atoms with Gasteiger partial charge in [-0.25, -0.2) is 0 Å². The van der Waals surface area contributed by atoms with Crippen molar-refractivity contribution in [3.63, 3.8) is 0 Å². The molecule has 3 aromatic rings. The predicted molar refractivity (Wildman–Crippen MR) is 105 cm³/mol. The molecule has 0 spiro atoms. The molecule has 0 unspecified atom stereocenters. The Morgan fingerprint density at radius 1 is 0.862 bits per heavy atom. The highest BCUT2D eigenvalue weighted by molar-refractivity contribution is 5.67. The molecule has 0 saturated heterocycles. The number of hydrogen-bond acceptors (Lipinski definition) is 10. The van der Waals surface area contributed by atoms with Gasteiger partial charge in [0.25, 0.3) is 0 Å². The molecule has 150 valence electrons. The summed E-state index contributed by atoms with van der Waals surface area (Å²) in [5, 5.41) is 14.3. The lowest BCUT2D eigenvalue weighted by Gasteiger charge is -2.15. The second-order valence-corrected chi connectivity index (χ2v) is 5.90. The fraction of sp³-hybridized carbons (Fsp3) is 0.211. The molecule has 1 aliphatic rings. The molecular weight excluding hydrogens is 378 g/mol. The number of hydrogen-bond donors (Lipinski definition) is 2. The minimum atomic E-state index is 0.213. The van der Waals surface area contributed by atoms with Crippen LogP contribution in [0.3, 0.4) is 0 Å². The van der Waals surface area contributed by atoms with Gasteiger partial charge in [-0.15, -0.1) is 5.10 Å². The van der Waals surface area contributed by atoms with Crippen LogP contribution >= 0.6 is 0 Å². The minimum Gasteiger partial charge on any atom is -0.493 e. The summed E-state index contributed by atoms with van der Waals surface area (Å²) in [7, 11) is 4.66. The van der Waals surface area contributed by atoms with Crippen molar-refractivity contribution in [2.24, 2.45) is 0 Å². The van der Waals surface area contributed by atoms with Gasteiger partial charge in [-0.05, 0) is 12.1 Å². The van der Waals surface area contributed by atoms with Crippen molar-refractivity contribution in [2.75, 3.05) is 38.8 Å². The first-order valence-corrected chi connectivity index (χ1v) is 8.63. The molecule has 1 aliphatic heterocycles. The van der Waals surface area contributed by atoms with E-state index in [1.54, 1.807) is 33.5 Å². The number of ether oxygens (including phenoxy) is 5. The fourth-order valence-corrected chi connectivity index (χ4v) is 2.82. The van der Waals surface area contributed by atoms with E-state index in [1.165, 1.54) is 6.20 Å². The molecule has 10 nitrogen and oxygen atoms in total. The van der Waals surface area contributed by atoms with E-state index in [9.17, 15) is 0 Å². The Hall–Kier alpha value is -3.95. The lowest BCUT2D eigenvalue weighted by Crippen LogP contribution is -2.03. The largest absolute Gasteiger partial charge is 0.493 e. The Bertz CT molecular complexity index is 1000. The van der Waals surface area contributed by atoms with Gasteiger partial charge in [0.05, 0.1) is 27.5 Å². The van der Waals surface area contributed by atoms with Crippen molar-refractivity contribution >= 4 is 23.1 Å². The van der Waals surface area contributed by atoms with Gasteiger partial charge in [0, 0.05) is 29.6 Å². The minimum absolute atomic E-state index is 0.213. The highest BCUT2D eigenvalue weighted by Crippen LogP contribution is 2.40. The summed E-state index contributed by atoms with van der Waals surface area (Å²) >= 11 is 0. The van der Waals surface area contributed by atoms with Gasteiger partial charge < -0.3 is 34.3 Å². The molecular formula is C19H19N5O5. The third-order valence-corrected chi connectivity index (χ3v) is 4.12. The van der Waals surface area contributed by atoms with Gasteiger partial charge in [0.2, 0.25) is 18.5 Å². The van der Waals surface area contributed by atoms with Crippen LogP contribution in [0.5, 0.6) is 28.7 Å². The quantitative estimate of drug-likeness (QED) is 0.617. The Kier molecular flexibility index (Phi) is 5.06. The molecule has 2 N–H and O–H groups in total. The average molecular weight is 397 g/mol. The Morgan fingerprint density at radius 2 is 1.62 bits per heavy atom. The lowest BCUT2D eigenvalue weighted by molar-refractivity contribution is 0.174. The number of fused-ring (bicyclic) bond motifs is 1. The van der Waals surface area contributed by atoms with E-state index >= 15 is 0 Å². The molecule has 10 heteroatoms. The number of nitrogens with zero attached hydrogens (tertiary/aromatic N) is 3. The molecule has 29 heavy (non-hydrogen) atoms.